The minimum Gasteiger partial charge on any atom is -0.454 e. The molecule has 0 bridgehead atoms. The first-order chi connectivity index (χ1) is 15.5. The van der Waals surface area contributed by atoms with Crippen molar-refractivity contribution in [3.63, 3.8) is 0 Å². The first-order valence-corrected chi connectivity index (χ1v) is 10.6. The smallest absolute Gasteiger partial charge is 0.231 e. The van der Waals surface area contributed by atoms with Crippen LogP contribution in [0.5, 0.6) is 11.5 Å². The number of fused-ring (bicyclic) bond motifs is 1. The summed E-state index contributed by atoms with van der Waals surface area (Å²) in [5.41, 5.74) is 1.79. The van der Waals surface area contributed by atoms with Crippen molar-refractivity contribution < 1.29 is 14.2 Å². The van der Waals surface area contributed by atoms with E-state index in [1.807, 2.05) is 53.9 Å². The quantitative estimate of drug-likeness (QED) is 0.430. The molecule has 31 heavy (non-hydrogen) atoms. The number of aromatic amines is 1. The van der Waals surface area contributed by atoms with E-state index in [0.29, 0.717) is 6.79 Å². The van der Waals surface area contributed by atoms with Crippen molar-refractivity contribution in [3.8, 4) is 11.5 Å². The molecule has 1 fully saturated rings. The van der Waals surface area contributed by atoms with E-state index in [1.54, 1.807) is 47.8 Å². The minimum atomic E-state index is 0.360. The Labute approximate surface area is 186 Å². The van der Waals surface area contributed by atoms with Crippen LogP contribution in [0.3, 0.4) is 0 Å². The van der Waals surface area contributed by atoms with Crippen LogP contribution in [0, 0.1) is 0 Å². The Morgan fingerprint density at radius 1 is 0.774 bits per heavy atom. The van der Waals surface area contributed by atoms with Gasteiger partial charge in [-0.05, 0) is 30.3 Å². The van der Waals surface area contributed by atoms with E-state index in [2.05, 4.69) is 25.5 Å². The number of H-pyrrole nitrogens is 1. The van der Waals surface area contributed by atoms with Crippen LogP contribution in [-0.4, -0.2) is 53.3 Å². The van der Waals surface area contributed by atoms with Gasteiger partial charge in [0.2, 0.25) is 6.79 Å². The first-order valence-electron chi connectivity index (χ1n) is 9.71. The maximum Gasteiger partial charge on any atom is 0.231 e. The lowest BCUT2D eigenvalue weighted by Gasteiger charge is -2.10. The van der Waals surface area contributed by atoms with Gasteiger partial charge >= 0.3 is 0 Å². The average Bonchev–Trinajstić information content (AvgIpc) is 3.67. The first kappa shape index (κ1) is 24.0. The van der Waals surface area contributed by atoms with Gasteiger partial charge in [0.15, 0.2) is 11.5 Å². The molecule has 8 nitrogen and oxygen atoms in total. The minimum absolute atomic E-state index is 0.360. The van der Waals surface area contributed by atoms with E-state index in [1.165, 1.54) is 0 Å². The zero-order valence-electron chi connectivity index (χ0n) is 17.2. The fourth-order valence-electron chi connectivity index (χ4n) is 2.06. The molecular formula is C22H27N5O3S. The number of nitrogens with zero attached hydrogens (tertiary/aromatic N) is 3. The molecular weight excluding hydrogens is 414 g/mol. The highest BCUT2D eigenvalue weighted by atomic mass is 32.1. The number of pyridine rings is 1. The Kier molecular flexibility index (Phi) is 13.6. The summed E-state index contributed by atoms with van der Waals surface area (Å²) in [5, 5.41) is 11.3. The molecule has 5 heterocycles. The molecule has 9 heteroatoms. The molecule has 0 radical (unpaired) electrons. The SMILES string of the molecule is C1COCCN1.c1ccc2c(c1)OCO2.c1ccncc1.c1cn[nH]c1.c1cscn1. The Bertz CT molecular complexity index is 723. The van der Waals surface area contributed by atoms with Gasteiger partial charge in [0, 0.05) is 49.5 Å². The number of ether oxygens (including phenoxy) is 3. The predicted octanol–water partition coefficient (Wildman–Crippen LogP) is 3.66. The summed E-state index contributed by atoms with van der Waals surface area (Å²) in [6, 6.07) is 15.2. The number of benzene rings is 1. The van der Waals surface area contributed by atoms with Crippen LogP contribution in [0.15, 0.2) is 90.4 Å². The second kappa shape index (κ2) is 17.6. The largest absolute Gasteiger partial charge is 0.454 e. The van der Waals surface area contributed by atoms with E-state index in [0.717, 1.165) is 37.8 Å². The van der Waals surface area contributed by atoms with Crippen LogP contribution in [0.25, 0.3) is 0 Å². The Balaban J connectivity index is 0.000000141. The average molecular weight is 442 g/mol. The molecule has 0 aliphatic carbocycles. The van der Waals surface area contributed by atoms with Crippen LogP contribution >= 0.6 is 11.3 Å². The van der Waals surface area contributed by atoms with E-state index in [-0.39, 0.29) is 0 Å². The topological polar surface area (TPSA) is 94.2 Å². The fraction of sp³-hybridized carbons (Fsp3) is 0.227. The molecule has 0 amide bonds. The fourth-order valence-corrected chi connectivity index (χ4v) is 2.42. The van der Waals surface area contributed by atoms with Crippen LogP contribution < -0.4 is 14.8 Å². The predicted molar refractivity (Wildman–Crippen MR) is 121 cm³/mol. The summed E-state index contributed by atoms with van der Waals surface area (Å²) in [5.74, 6) is 1.69. The maximum atomic E-state index is 5.08. The van der Waals surface area contributed by atoms with Gasteiger partial charge in [-0.25, -0.2) is 0 Å². The zero-order chi connectivity index (χ0) is 21.7. The summed E-state index contributed by atoms with van der Waals surface area (Å²) < 4.78 is 15.2. The number of aromatic nitrogens is 4. The van der Waals surface area contributed by atoms with Gasteiger partial charge in [-0.1, -0.05) is 18.2 Å². The van der Waals surface area contributed by atoms with Gasteiger partial charge in [0.05, 0.1) is 18.7 Å². The van der Waals surface area contributed by atoms with Gasteiger partial charge in [-0.3, -0.25) is 15.1 Å². The number of hydrogen-bond acceptors (Lipinski definition) is 8. The van der Waals surface area contributed by atoms with E-state index in [9.17, 15) is 0 Å². The van der Waals surface area contributed by atoms with Crippen molar-refractivity contribution in [2.45, 2.75) is 0 Å². The Morgan fingerprint density at radius 2 is 1.52 bits per heavy atom. The highest BCUT2D eigenvalue weighted by molar-refractivity contribution is 7.07. The Hall–Kier alpha value is -3.27. The third-order valence-corrected chi connectivity index (χ3v) is 3.97. The van der Waals surface area contributed by atoms with Gasteiger partial charge in [0.25, 0.3) is 0 Å². The molecule has 6 rings (SSSR count). The molecule has 0 unspecified atom stereocenters. The highest BCUT2D eigenvalue weighted by Gasteiger charge is 2.09. The number of morpholine rings is 1. The second-order valence-electron chi connectivity index (χ2n) is 5.68. The molecule has 1 saturated heterocycles. The lowest BCUT2D eigenvalue weighted by atomic mass is 10.3. The molecule has 2 N–H and O–H groups in total. The van der Waals surface area contributed by atoms with Gasteiger partial charge in [-0.2, -0.15) is 5.10 Å². The van der Waals surface area contributed by atoms with Gasteiger partial charge < -0.3 is 19.5 Å². The van der Waals surface area contributed by atoms with Crippen molar-refractivity contribution in [1.29, 1.82) is 0 Å². The molecule has 0 spiro atoms. The lowest BCUT2D eigenvalue weighted by molar-refractivity contribution is 0.109. The molecule has 0 atom stereocenters. The summed E-state index contributed by atoms with van der Waals surface area (Å²) in [6.07, 6.45) is 8.73. The van der Waals surface area contributed by atoms with Crippen molar-refractivity contribution >= 4 is 11.3 Å². The number of hydrogen-bond donors (Lipinski definition) is 2. The monoisotopic (exact) mass is 441 g/mol. The summed E-state index contributed by atoms with van der Waals surface area (Å²) in [6.45, 7) is 4.19. The standard InChI is InChI=1S/C7H6O2.C5H5N.C4H9NO.C3H4N2.C3H3NS/c1-2-4-7-6(3-1)8-5-9-7;1-2-4-6-5-3-1;1-3-6-4-2-5-1;1-2-4-5-3-1;1-2-5-3-4-1/h1-4H,5H2;1-5H;5H,1-4H2;1-3H,(H,4,5);1-3H. The maximum absolute atomic E-state index is 5.08. The second-order valence-corrected chi connectivity index (χ2v) is 6.44. The van der Waals surface area contributed by atoms with Crippen molar-refractivity contribution in [2.24, 2.45) is 0 Å². The molecule has 4 aromatic rings. The number of thiazole rings is 1. The molecule has 2 aliphatic heterocycles. The Morgan fingerprint density at radius 3 is 1.81 bits per heavy atom. The third kappa shape index (κ3) is 12.8. The van der Waals surface area contributed by atoms with Crippen molar-refractivity contribution in [2.75, 3.05) is 33.1 Å². The zero-order valence-corrected chi connectivity index (χ0v) is 18.0. The van der Waals surface area contributed by atoms with Crippen LogP contribution in [0.2, 0.25) is 0 Å². The van der Waals surface area contributed by atoms with E-state index in [4.69, 9.17) is 14.2 Å². The van der Waals surface area contributed by atoms with Crippen LogP contribution in [0.1, 0.15) is 0 Å². The van der Waals surface area contributed by atoms with E-state index >= 15 is 0 Å². The third-order valence-electron chi connectivity index (χ3n) is 3.44. The summed E-state index contributed by atoms with van der Waals surface area (Å²) in [7, 11) is 0. The van der Waals surface area contributed by atoms with E-state index < -0.39 is 0 Å². The summed E-state index contributed by atoms with van der Waals surface area (Å²) >= 11 is 1.60. The van der Waals surface area contributed by atoms with Gasteiger partial charge in [-0.15, -0.1) is 11.3 Å². The van der Waals surface area contributed by atoms with Gasteiger partial charge in [0.1, 0.15) is 0 Å². The van der Waals surface area contributed by atoms with Crippen LogP contribution in [-0.2, 0) is 4.74 Å². The highest BCUT2D eigenvalue weighted by Crippen LogP contribution is 2.30. The molecule has 2 aliphatic rings. The van der Waals surface area contributed by atoms with Crippen LogP contribution in [0.4, 0.5) is 0 Å². The molecule has 164 valence electrons. The molecule has 3 aromatic heterocycles. The van der Waals surface area contributed by atoms with Crippen molar-refractivity contribution in [3.05, 3.63) is 90.4 Å². The lowest BCUT2D eigenvalue weighted by Crippen LogP contribution is -2.30. The normalized spacial score (nSPS) is 12.8. The number of rotatable bonds is 0. The molecule has 1 aromatic carbocycles. The van der Waals surface area contributed by atoms with Crippen molar-refractivity contribution in [1.82, 2.24) is 25.5 Å². The molecule has 0 saturated carbocycles. The number of nitrogens with one attached hydrogen (secondary N) is 2. The number of para-hydroxylation sites is 2. The summed E-state index contributed by atoms with van der Waals surface area (Å²) in [4.78, 5) is 7.53.